The minimum atomic E-state index is -0.833. The van der Waals surface area contributed by atoms with Gasteiger partial charge < -0.3 is 20.3 Å². The molecule has 1 saturated heterocycles. The summed E-state index contributed by atoms with van der Waals surface area (Å²) >= 11 is 0. The molecular formula is C25H25N3O5. The SMILES string of the molecule is CC(=O)O.N=C(N)c1ccc(N2CC(COc3ccc(-c4ccccc4)cc3)OC2=O)cc1. The molecule has 8 heteroatoms. The van der Waals surface area contributed by atoms with Crippen molar-refractivity contribution in [2.75, 3.05) is 18.1 Å². The van der Waals surface area contributed by atoms with Crippen LogP contribution in [-0.4, -0.2) is 42.3 Å². The summed E-state index contributed by atoms with van der Waals surface area (Å²) in [6.07, 6.45) is -0.766. The van der Waals surface area contributed by atoms with Gasteiger partial charge in [0.05, 0.1) is 6.54 Å². The second kappa shape index (κ2) is 10.8. The third-order valence-corrected chi connectivity index (χ3v) is 4.76. The average Bonchev–Trinajstić information content (AvgIpc) is 3.19. The first-order valence-corrected chi connectivity index (χ1v) is 10.2. The molecule has 1 heterocycles. The first-order chi connectivity index (χ1) is 15.8. The Kier molecular flexibility index (Phi) is 7.64. The highest BCUT2D eigenvalue weighted by Gasteiger charge is 2.32. The molecule has 0 radical (unpaired) electrons. The molecule has 170 valence electrons. The number of amides is 1. The van der Waals surface area contributed by atoms with Crippen LogP contribution in [0.5, 0.6) is 5.75 Å². The fourth-order valence-corrected chi connectivity index (χ4v) is 3.20. The molecule has 0 aromatic heterocycles. The van der Waals surface area contributed by atoms with Gasteiger partial charge in [0, 0.05) is 18.2 Å². The second-order valence-electron chi connectivity index (χ2n) is 7.30. The normalized spacial score (nSPS) is 14.6. The minimum Gasteiger partial charge on any atom is -0.490 e. The minimum absolute atomic E-state index is 0.00916. The Balaban J connectivity index is 0.000000709. The van der Waals surface area contributed by atoms with Gasteiger partial charge in [0.15, 0.2) is 6.10 Å². The summed E-state index contributed by atoms with van der Waals surface area (Å²) in [6, 6.07) is 24.9. The van der Waals surface area contributed by atoms with Crippen molar-refractivity contribution in [1.29, 1.82) is 5.41 Å². The van der Waals surface area contributed by atoms with Crippen LogP contribution >= 0.6 is 0 Å². The molecule has 8 nitrogen and oxygen atoms in total. The van der Waals surface area contributed by atoms with Gasteiger partial charge in [-0.1, -0.05) is 42.5 Å². The average molecular weight is 447 g/mol. The van der Waals surface area contributed by atoms with Gasteiger partial charge in [0.2, 0.25) is 0 Å². The number of carboxylic acids is 1. The zero-order valence-corrected chi connectivity index (χ0v) is 18.1. The fourth-order valence-electron chi connectivity index (χ4n) is 3.20. The quantitative estimate of drug-likeness (QED) is 0.385. The third kappa shape index (κ3) is 6.57. The Hall–Kier alpha value is -4.33. The topological polar surface area (TPSA) is 126 Å². The van der Waals surface area contributed by atoms with E-state index in [1.807, 2.05) is 42.5 Å². The Bertz CT molecular complexity index is 1100. The van der Waals surface area contributed by atoms with E-state index in [0.717, 1.165) is 23.8 Å². The number of cyclic esters (lactones) is 1. The smallest absolute Gasteiger partial charge is 0.414 e. The monoisotopic (exact) mass is 447 g/mol. The summed E-state index contributed by atoms with van der Waals surface area (Å²) in [5.41, 5.74) is 9.04. The van der Waals surface area contributed by atoms with Crippen molar-refractivity contribution in [2.24, 2.45) is 5.73 Å². The molecule has 0 aliphatic carbocycles. The molecular weight excluding hydrogens is 422 g/mol. The van der Waals surface area contributed by atoms with Crippen molar-refractivity contribution >= 4 is 23.6 Å². The molecule has 1 fully saturated rings. The first-order valence-electron chi connectivity index (χ1n) is 10.2. The molecule has 0 bridgehead atoms. The van der Waals surface area contributed by atoms with Crippen LogP contribution in [-0.2, 0) is 9.53 Å². The summed E-state index contributed by atoms with van der Waals surface area (Å²) < 4.78 is 11.2. The molecule has 1 amide bonds. The Morgan fingerprint density at radius 3 is 2.21 bits per heavy atom. The van der Waals surface area contributed by atoms with E-state index in [9.17, 15) is 4.79 Å². The van der Waals surface area contributed by atoms with Gasteiger partial charge >= 0.3 is 6.09 Å². The third-order valence-electron chi connectivity index (χ3n) is 4.76. The number of nitrogen functional groups attached to an aromatic ring is 1. The molecule has 3 aromatic carbocycles. The Morgan fingerprint density at radius 2 is 1.64 bits per heavy atom. The highest BCUT2D eigenvalue weighted by Crippen LogP contribution is 2.24. The van der Waals surface area contributed by atoms with E-state index in [1.54, 1.807) is 29.2 Å². The maximum Gasteiger partial charge on any atom is 0.414 e. The number of carboxylic acid groups (broad SMARTS) is 1. The number of ether oxygens (including phenoxy) is 2. The second-order valence-corrected chi connectivity index (χ2v) is 7.30. The van der Waals surface area contributed by atoms with E-state index in [-0.39, 0.29) is 18.5 Å². The number of nitrogens with one attached hydrogen (secondary N) is 1. The molecule has 33 heavy (non-hydrogen) atoms. The van der Waals surface area contributed by atoms with E-state index >= 15 is 0 Å². The van der Waals surface area contributed by atoms with Crippen molar-refractivity contribution in [3.8, 4) is 16.9 Å². The van der Waals surface area contributed by atoms with Gasteiger partial charge in [-0.15, -0.1) is 0 Å². The van der Waals surface area contributed by atoms with Gasteiger partial charge in [0.1, 0.15) is 18.2 Å². The summed E-state index contributed by atoms with van der Waals surface area (Å²) in [4.78, 5) is 22.8. The molecule has 1 aliphatic heterocycles. The summed E-state index contributed by atoms with van der Waals surface area (Å²) in [6.45, 7) is 1.76. The van der Waals surface area contributed by atoms with Crippen molar-refractivity contribution in [3.05, 3.63) is 84.4 Å². The molecule has 4 N–H and O–H groups in total. The van der Waals surface area contributed by atoms with Crippen LogP contribution in [0.3, 0.4) is 0 Å². The lowest BCUT2D eigenvalue weighted by molar-refractivity contribution is -0.134. The summed E-state index contributed by atoms with van der Waals surface area (Å²) in [7, 11) is 0. The van der Waals surface area contributed by atoms with Crippen LogP contribution in [0.15, 0.2) is 78.9 Å². The number of hydrogen-bond acceptors (Lipinski definition) is 5. The highest BCUT2D eigenvalue weighted by atomic mass is 16.6. The van der Waals surface area contributed by atoms with Crippen molar-refractivity contribution < 1.29 is 24.2 Å². The lowest BCUT2D eigenvalue weighted by Crippen LogP contribution is -2.26. The van der Waals surface area contributed by atoms with E-state index in [1.165, 1.54) is 0 Å². The molecule has 1 unspecified atom stereocenters. The largest absolute Gasteiger partial charge is 0.490 e. The predicted molar refractivity (Wildman–Crippen MR) is 126 cm³/mol. The number of nitrogens with two attached hydrogens (primary N) is 1. The number of carbonyl (C=O) groups is 2. The van der Waals surface area contributed by atoms with Crippen LogP contribution in [0.2, 0.25) is 0 Å². The Morgan fingerprint density at radius 1 is 1.06 bits per heavy atom. The number of amidine groups is 1. The van der Waals surface area contributed by atoms with Crippen LogP contribution in [0.1, 0.15) is 12.5 Å². The highest BCUT2D eigenvalue weighted by molar-refractivity contribution is 5.96. The number of carbonyl (C=O) groups excluding carboxylic acids is 1. The lowest BCUT2D eigenvalue weighted by Gasteiger charge is -2.14. The number of aliphatic carboxylic acids is 1. The van der Waals surface area contributed by atoms with Crippen molar-refractivity contribution in [1.82, 2.24) is 0 Å². The zero-order chi connectivity index (χ0) is 23.8. The van der Waals surface area contributed by atoms with Crippen molar-refractivity contribution in [3.63, 3.8) is 0 Å². The van der Waals surface area contributed by atoms with E-state index in [4.69, 9.17) is 30.5 Å². The van der Waals surface area contributed by atoms with Gasteiger partial charge in [-0.2, -0.15) is 0 Å². The molecule has 0 saturated carbocycles. The van der Waals surface area contributed by atoms with Crippen LogP contribution < -0.4 is 15.4 Å². The maximum atomic E-state index is 12.2. The number of rotatable bonds is 6. The van der Waals surface area contributed by atoms with Crippen LogP contribution in [0.4, 0.5) is 10.5 Å². The molecule has 1 aliphatic rings. The number of anilines is 1. The molecule has 4 rings (SSSR count). The van der Waals surface area contributed by atoms with Gasteiger partial charge in [0.25, 0.3) is 5.97 Å². The molecule has 3 aromatic rings. The lowest BCUT2D eigenvalue weighted by atomic mass is 10.1. The van der Waals surface area contributed by atoms with Gasteiger partial charge in [-0.05, 0) is 47.5 Å². The summed E-state index contributed by atoms with van der Waals surface area (Å²) in [5.74, 6) is -0.116. The van der Waals surface area contributed by atoms with Gasteiger partial charge in [-0.3, -0.25) is 15.1 Å². The first kappa shape index (κ1) is 23.3. The summed E-state index contributed by atoms with van der Waals surface area (Å²) in [5, 5.41) is 14.9. The number of hydrogen-bond donors (Lipinski definition) is 3. The number of nitrogens with zero attached hydrogens (tertiary/aromatic N) is 1. The maximum absolute atomic E-state index is 12.2. The molecule has 1 atom stereocenters. The van der Waals surface area contributed by atoms with Crippen LogP contribution in [0, 0.1) is 5.41 Å². The van der Waals surface area contributed by atoms with E-state index < -0.39 is 12.1 Å². The van der Waals surface area contributed by atoms with E-state index in [0.29, 0.717) is 17.8 Å². The number of benzene rings is 3. The molecule has 0 spiro atoms. The standard InChI is InChI=1S/C23H21N3O3.C2H4O2/c24-22(25)18-6-10-19(11-7-18)26-14-21(29-23(26)27)15-28-20-12-8-17(9-13-20)16-4-2-1-3-5-16;1-2(3)4/h1-13,21H,14-15H2,(H3,24,25);1H3,(H,3,4). The predicted octanol–water partition coefficient (Wildman–Crippen LogP) is 4.13. The fraction of sp³-hybridized carbons (Fsp3) is 0.160. The van der Waals surface area contributed by atoms with Crippen LogP contribution in [0.25, 0.3) is 11.1 Å². The zero-order valence-electron chi connectivity index (χ0n) is 18.1. The Labute approximate surface area is 191 Å². The van der Waals surface area contributed by atoms with Crippen molar-refractivity contribution in [2.45, 2.75) is 13.0 Å². The van der Waals surface area contributed by atoms with E-state index in [2.05, 4.69) is 12.1 Å². The van der Waals surface area contributed by atoms with Gasteiger partial charge in [-0.25, -0.2) is 4.79 Å².